The van der Waals surface area contributed by atoms with E-state index in [9.17, 15) is 4.79 Å². The van der Waals surface area contributed by atoms with Crippen molar-refractivity contribution in [2.75, 3.05) is 51.0 Å². The summed E-state index contributed by atoms with van der Waals surface area (Å²) in [7, 11) is 0. The van der Waals surface area contributed by atoms with Crippen molar-refractivity contribution in [2.24, 2.45) is 4.99 Å². The van der Waals surface area contributed by atoms with Gasteiger partial charge in [-0.2, -0.15) is 0 Å². The first-order chi connectivity index (χ1) is 18.0. The number of carbonyl (C=O) groups excluding carboxylic acids is 1. The topological polar surface area (TPSA) is 63.6 Å². The first-order valence-electron chi connectivity index (χ1n) is 13.4. The number of hydrogen-bond donors (Lipinski definition) is 0. The minimum Gasteiger partial charge on any atom is -0.494 e. The van der Waals surface area contributed by atoms with Gasteiger partial charge in [0, 0.05) is 45.1 Å². The molecule has 0 bridgehead atoms. The van der Waals surface area contributed by atoms with Gasteiger partial charge in [0.2, 0.25) is 6.79 Å². The molecule has 2 aliphatic rings. The van der Waals surface area contributed by atoms with E-state index in [1.807, 2.05) is 19.1 Å². The van der Waals surface area contributed by atoms with E-state index in [0.717, 1.165) is 86.1 Å². The summed E-state index contributed by atoms with van der Waals surface area (Å²) < 4.78 is 16.7. The molecular formula is C29H38ClN3O4. The van der Waals surface area contributed by atoms with E-state index < -0.39 is 0 Å². The van der Waals surface area contributed by atoms with Crippen molar-refractivity contribution in [1.82, 2.24) is 4.90 Å². The lowest BCUT2D eigenvalue weighted by Crippen LogP contribution is -2.46. The lowest BCUT2D eigenvalue weighted by atomic mass is 10.0. The third kappa shape index (κ3) is 7.86. The number of ether oxygens (including phenoxy) is 3. The molecule has 2 aliphatic heterocycles. The molecule has 2 aromatic rings. The quantitative estimate of drug-likeness (QED) is 0.205. The number of halogens is 1. The van der Waals surface area contributed by atoms with Crippen LogP contribution in [0.2, 0.25) is 5.02 Å². The summed E-state index contributed by atoms with van der Waals surface area (Å²) in [6, 6.07) is 12.3. The molecule has 0 radical (unpaired) electrons. The molecule has 0 aliphatic carbocycles. The first kappa shape index (κ1) is 27.3. The van der Waals surface area contributed by atoms with Crippen molar-refractivity contribution in [3.05, 3.63) is 52.5 Å². The molecule has 0 spiro atoms. The smallest absolute Gasteiger partial charge is 0.308 e. The number of aliphatic imine (C=N–C) groups is 1. The van der Waals surface area contributed by atoms with Crippen molar-refractivity contribution < 1.29 is 19.0 Å². The van der Waals surface area contributed by atoms with Crippen LogP contribution in [0.3, 0.4) is 0 Å². The zero-order valence-corrected chi connectivity index (χ0v) is 22.8. The van der Waals surface area contributed by atoms with Gasteiger partial charge in [0.25, 0.3) is 0 Å². The molecule has 0 saturated carbocycles. The number of unbranched alkanes of at least 4 members (excludes halogenated alkanes) is 1. The number of rotatable bonds is 11. The van der Waals surface area contributed by atoms with Crippen LogP contribution in [0.15, 0.2) is 41.4 Å². The van der Waals surface area contributed by atoms with E-state index in [2.05, 4.69) is 46.0 Å². The number of fused-ring (bicyclic) bond motifs is 1. The number of carbonyl (C=O) groups is 1. The fourth-order valence-corrected chi connectivity index (χ4v) is 4.89. The highest BCUT2D eigenvalue weighted by atomic mass is 35.5. The number of piperazine rings is 1. The average Bonchev–Trinajstić information content (AvgIpc) is 2.90. The molecule has 0 aromatic heterocycles. The molecule has 37 heavy (non-hydrogen) atoms. The van der Waals surface area contributed by atoms with Gasteiger partial charge in [0.1, 0.15) is 5.75 Å². The van der Waals surface area contributed by atoms with Crippen LogP contribution >= 0.6 is 11.6 Å². The molecule has 200 valence electrons. The fourth-order valence-electron chi connectivity index (χ4n) is 4.64. The van der Waals surface area contributed by atoms with Crippen LogP contribution in [0.25, 0.3) is 0 Å². The van der Waals surface area contributed by atoms with Crippen molar-refractivity contribution in [1.29, 1.82) is 0 Å². The maximum Gasteiger partial charge on any atom is 0.308 e. The van der Waals surface area contributed by atoms with Gasteiger partial charge in [-0.1, -0.05) is 36.7 Å². The minimum atomic E-state index is -0.246. The van der Waals surface area contributed by atoms with Crippen molar-refractivity contribution in [3.8, 4) is 5.75 Å². The molecule has 2 heterocycles. The highest BCUT2D eigenvalue weighted by Gasteiger charge is 2.19. The van der Waals surface area contributed by atoms with Gasteiger partial charge in [-0.15, -0.1) is 0 Å². The van der Waals surface area contributed by atoms with Crippen LogP contribution in [0, 0.1) is 6.92 Å². The van der Waals surface area contributed by atoms with E-state index in [0.29, 0.717) is 25.3 Å². The summed E-state index contributed by atoms with van der Waals surface area (Å²) in [6.07, 6.45) is 4.81. The van der Waals surface area contributed by atoms with E-state index in [-0.39, 0.29) is 12.8 Å². The van der Waals surface area contributed by atoms with Gasteiger partial charge in [0.05, 0.1) is 23.0 Å². The molecule has 0 atom stereocenters. The Morgan fingerprint density at radius 3 is 2.70 bits per heavy atom. The summed E-state index contributed by atoms with van der Waals surface area (Å²) in [5.41, 5.74) is 4.32. The molecule has 4 rings (SSSR count). The number of anilines is 1. The van der Waals surface area contributed by atoms with Crippen molar-refractivity contribution in [3.63, 3.8) is 0 Å². The summed E-state index contributed by atoms with van der Waals surface area (Å²) >= 11 is 6.52. The maximum atomic E-state index is 11.5. The highest BCUT2D eigenvalue weighted by Crippen LogP contribution is 2.31. The van der Waals surface area contributed by atoms with Crippen molar-refractivity contribution >= 4 is 34.8 Å². The summed E-state index contributed by atoms with van der Waals surface area (Å²) in [4.78, 5) is 21.0. The molecule has 8 heteroatoms. The van der Waals surface area contributed by atoms with E-state index in [4.69, 9.17) is 25.8 Å². The Kier molecular flexibility index (Phi) is 10.1. The highest BCUT2D eigenvalue weighted by molar-refractivity contribution is 6.34. The third-order valence-corrected chi connectivity index (χ3v) is 7.32. The summed E-state index contributed by atoms with van der Waals surface area (Å²) in [5.74, 6) is 1.17. The Balaban J connectivity index is 1.15. The SMILES string of the molecule is CCCC(=O)OCOC1=Nc2cc(OCCCCN3CCN(c4cccc(C)c4Cl)CC3)ccc2CC1. The number of esters is 1. The van der Waals surface area contributed by atoms with Gasteiger partial charge in [-0.3, -0.25) is 9.69 Å². The second-order valence-electron chi connectivity index (χ2n) is 9.62. The van der Waals surface area contributed by atoms with Gasteiger partial charge in [-0.05, 0) is 62.4 Å². The number of benzene rings is 2. The Labute approximate surface area is 225 Å². The molecule has 7 nitrogen and oxygen atoms in total. The number of nitrogens with zero attached hydrogens (tertiary/aromatic N) is 3. The van der Waals surface area contributed by atoms with Crippen LogP contribution in [0.4, 0.5) is 11.4 Å². The molecule has 2 aromatic carbocycles. The van der Waals surface area contributed by atoms with Crippen molar-refractivity contribution in [2.45, 2.75) is 52.4 Å². The number of hydrogen-bond acceptors (Lipinski definition) is 7. The number of aryl methyl sites for hydroxylation is 2. The minimum absolute atomic E-state index is 0.0854. The molecule has 1 saturated heterocycles. The zero-order valence-electron chi connectivity index (χ0n) is 22.0. The van der Waals surface area contributed by atoms with E-state index in [1.165, 1.54) is 5.56 Å². The van der Waals surface area contributed by atoms with Crippen LogP contribution in [0.5, 0.6) is 5.75 Å². The van der Waals surface area contributed by atoms with Gasteiger partial charge in [-0.25, -0.2) is 4.99 Å². The molecule has 1 fully saturated rings. The third-order valence-electron chi connectivity index (χ3n) is 6.83. The predicted molar refractivity (Wildman–Crippen MR) is 148 cm³/mol. The normalized spacial score (nSPS) is 15.6. The Morgan fingerprint density at radius 2 is 1.89 bits per heavy atom. The maximum absolute atomic E-state index is 11.5. The molecular weight excluding hydrogens is 490 g/mol. The van der Waals surface area contributed by atoms with E-state index >= 15 is 0 Å². The van der Waals surface area contributed by atoms with Gasteiger partial charge in [0.15, 0.2) is 5.90 Å². The summed E-state index contributed by atoms with van der Waals surface area (Å²) in [6.45, 7) is 9.78. The molecule has 0 unspecified atom stereocenters. The monoisotopic (exact) mass is 527 g/mol. The van der Waals surface area contributed by atoms with Gasteiger partial charge < -0.3 is 19.1 Å². The second kappa shape index (κ2) is 13.7. The van der Waals surface area contributed by atoms with Crippen LogP contribution in [-0.2, 0) is 20.7 Å². The van der Waals surface area contributed by atoms with Crippen LogP contribution in [-0.4, -0.2) is 62.9 Å². The van der Waals surface area contributed by atoms with Crippen LogP contribution < -0.4 is 9.64 Å². The van der Waals surface area contributed by atoms with Crippen LogP contribution in [0.1, 0.15) is 50.2 Å². The lowest BCUT2D eigenvalue weighted by molar-refractivity contribution is -0.150. The largest absolute Gasteiger partial charge is 0.494 e. The fraction of sp³-hybridized carbons (Fsp3) is 0.517. The Bertz CT molecular complexity index is 1080. The van der Waals surface area contributed by atoms with Gasteiger partial charge >= 0.3 is 5.97 Å². The Morgan fingerprint density at radius 1 is 1.05 bits per heavy atom. The molecule has 0 amide bonds. The lowest BCUT2D eigenvalue weighted by Gasteiger charge is -2.36. The second-order valence-corrected chi connectivity index (χ2v) is 9.99. The van der Waals surface area contributed by atoms with E-state index in [1.54, 1.807) is 0 Å². The Hall–Kier alpha value is -2.77. The standard InChI is InChI=1S/C29H38ClN3O4/c1-3-7-28(34)37-21-36-27-13-11-23-10-12-24(20-25(23)31-27)35-19-5-4-14-32-15-17-33(18-16-32)26-9-6-8-22(2)29(26)30/h6,8-10,12,20H,3-5,7,11,13-19,21H2,1-2H3. The average molecular weight is 528 g/mol. The predicted octanol–water partition coefficient (Wildman–Crippen LogP) is 5.92. The zero-order chi connectivity index (χ0) is 26.0. The first-order valence-corrected chi connectivity index (χ1v) is 13.8. The summed E-state index contributed by atoms with van der Waals surface area (Å²) in [5, 5.41) is 0.873. The molecule has 0 N–H and O–H groups in total.